The lowest BCUT2D eigenvalue weighted by atomic mass is 9.49. The van der Waals surface area contributed by atoms with Crippen molar-refractivity contribution in [2.45, 2.75) is 48.5 Å². The molecule has 3 nitrogen and oxygen atoms in total. The van der Waals surface area contributed by atoms with E-state index in [9.17, 15) is 9.90 Å². The summed E-state index contributed by atoms with van der Waals surface area (Å²) in [6.07, 6.45) is 5.13. The van der Waals surface area contributed by atoms with Crippen LogP contribution in [-0.4, -0.2) is 21.0 Å². The summed E-state index contributed by atoms with van der Waals surface area (Å²) < 4.78 is -1.88. The molecule has 2 N–H and O–H groups in total. The number of amides is 1. The van der Waals surface area contributed by atoms with Crippen LogP contribution in [0.25, 0.3) is 0 Å². The van der Waals surface area contributed by atoms with Crippen molar-refractivity contribution < 1.29 is 9.90 Å². The molecule has 6 heteroatoms. The van der Waals surface area contributed by atoms with Gasteiger partial charge in [0.25, 0.3) is 0 Å². The maximum atomic E-state index is 12.5. The highest BCUT2D eigenvalue weighted by Gasteiger charge is 2.55. The largest absolute Gasteiger partial charge is 0.369 e. The summed E-state index contributed by atoms with van der Waals surface area (Å²) in [5, 5.41) is 12.2. The van der Waals surface area contributed by atoms with Gasteiger partial charge in [-0.3, -0.25) is 4.79 Å². The molecule has 19 heavy (non-hydrogen) atoms. The second kappa shape index (κ2) is 4.66. The van der Waals surface area contributed by atoms with Gasteiger partial charge >= 0.3 is 0 Å². The lowest BCUT2D eigenvalue weighted by Crippen LogP contribution is -2.56. The second-order valence-corrected chi connectivity index (χ2v) is 8.98. The van der Waals surface area contributed by atoms with Crippen molar-refractivity contribution >= 4 is 40.7 Å². The van der Waals surface area contributed by atoms with Gasteiger partial charge in [0.05, 0.1) is 5.41 Å². The van der Waals surface area contributed by atoms with Gasteiger partial charge in [-0.25, -0.2) is 0 Å². The third-order valence-electron chi connectivity index (χ3n) is 5.10. The van der Waals surface area contributed by atoms with Crippen LogP contribution < -0.4 is 5.32 Å². The Morgan fingerprint density at radius 2 is 1.53 bits per heavy atom. The number of nitrogens with one attached hydrogen (secondary N) is 1. The van der Waals surface area contributed by atoms with E-state index in [-0.39, 0.29) is 11.3 Å². The van der Waals surface area contributed by atoms with Crippen molar-refractivity contribution in [3.63, 3.8) is 0 Å². The number of halogens is 3. The zero-order chi connectivity index (χ0) is 13.8. The quantitative estimate of drug-likeness (QED) is 0.605. The van der Waals surface area contributed by atoms with Crippen LogP contribution in [-0.2, 0) is 4.79 Å². The molecule has 1 atom stereocenters. The average molecular weight is 327 g/mol. The summed E-state index contributed by atoms with van der Waals surface area (Å²) in [5.74, 6) is 1.87. The van der Waals surface area contributed by atoms with Gasteiger partial charge in [-0.2, -0.15) is 0 Å². The molecule has 4 fully saturated rings. The third-order valence-corrected chi connectivity index (χ3v) is 5.72. The molecule has 0 spiro atoms. The molecule has 0 saturated heterocycles. The highest BCUT2D eigenvalue weighted by Crippen LogP contribution is 2.60. The van der Waals surface area contributed by atoms with Gasteiger partial charge in [-0.15, -0.1) is 0 Å². The Balaban J connectivity index is 1.73. The Kier molecular flexibility index (Phi) is 3.49. The monoisotopic (exact) mass is 325 g/mol. The van der Waals surface area contributed by atoms with Gasteiger partial charge in [-0.05, 0) is 56.3 Å². The third kappa shape index (κ3) is 2.59. The average Bonchev–Trinajstić information content (AvgIpc) is 2.25. The van der Waals surface area contributed by atoms with Crippen LogP contribution in [0.5, 0.6) is 0 Å². The molecule has 4 aliphatic rings. The maximum Gasteiger partial charge on any atom is 0.234 e. The maximum absolute atomic E-state index is 12.5. The number of hydrogen-bond donors (Lipinski definition) is 2. The van der Waals surface area contributed by atoms with E-state index in [0.717, 1.165) is 19.3 Å². The van der Waals surface area contributed by atoms with Gasteiger partial charge < -0.3 is 10.4 Å². The molecule has 0 radical (unpaired) electrons. The minimum Gasteiger partial charge on any atom is -0.369 e. The van der Waals surface area contributed by atoms with Crippen molar-refractivity contribution in [1.82, 2.24) is 5.32 Å². The minimum absolute atomic E-state index is 0.134. The number of carbonyl (C=O) groups excluding carboxylic acids is 1. The molecule has 108 valence electrons. The van der Waals surface area contributed by atoms with Gasteiger partial charge in [0.2, 0.25) is 9.70 Å². The molecule has 0 heterocycles. The summed E-state index contributed by atoms with van der Waals surface area (Å²) in [6.45, 7) is 0. The Morgan fingerprint density at radius 1 is 1.11 bits per heavy atom. The molecule has 4 rings (SSSR count). The molecule has 0 aliphatic heterocycles. The first-order chi connectivity index (χ1) is 8.78. The molecule has 4 saturated carbocycles. The number of aliphatic hydroxyl groups excluding tert-OH is 1. The summed E-state index contributed by atoms with van der Waals surface area (Å²) in [7, 11) is 0. The molecule has 0 aromatic heterocycles. The molecule has 0 aromatic carbocycles. The van der Waals surface area contributed by atoms with Gasteiger partial charge in [0.15, 0.2) is 6.23 Å². The van der Waals surface area contributed by atoms with E-state index in [0.29, 0.717) is 17.8 Å². The zero-order valence-electron chi connectivity index (χ0n) is 10.5. The van der Waals surface area contributed by atoms with Gasteiger partial charge in [0, 0.05) is 0 Å². The number of rotatable bonds is 2. The van der Waals surface area contributed by atoms with E-state index in [1.54, 1.807) is 0 Å². The van der Waals surface area contributed by atoms with E-state index in [1.807, 2.05) is 0 Å². The van der Waals surface area contributed by atoms with Gasteiger partial charge in [0.1, 0.15) is 0 Å². The van der Waals surface area contributed by atoms with Crippen molar-refractivity contribution in [1.29, 1.82) is 0 Å². The SMILES string of the molecule is O=C(N[C@@H](O)C(Cl)(Cl)Cl)C12CC3CC(CC(C3)C1)C2. The Bertz CT molecular complexity index is 359. The van der Waals surface area contributed by atoms with Crippen LogP contribution in [0, 0.1) is 23.2 Å². The predicted octanol–water partition coefficient (Wildman–Crippen LogP) is 3.01. The lowest BCUT2D eigenvalue weighted by Gasteiger charge is -2.55. The molecule has 0 unspecified atom stereocenters. The van der Waals surface area contributed by atoms with Crippen LogP contribution >= 0.6 is 34.8 Å². The van der Waals surface area contributed by atoms with E-state index >= 15 is 0 Å². The topological polar surface area (TPSA) is 49.3 Å². The standard InChI is InChI=1S/C13H18Cl3NO2/c14-13(15,16)11(19)17-10(18)12-4-7-1-8(5-12)3-9(2-7)6-12/h7-9,11,19H,1-6H2,(H,17,18)/t7?,8?,9?,11-,12?/m0/s1. The first-order valence-electron chi connectivity index (χ1n) is 6.84. The van der Waals surface area contributed by atoms with Crippen LogP contribution in [0.1, 0.15) is 38.5 Å². The first-order valence-corrected chi connectivity index (χ1v) is 7.98. The van der Waals surface area contributed by atoms with Crippen molar-refractivity contribution in [3.05, 3.63) is 0 Å². The van der Waals surface area contributed by atoms with E-state index < -0.39 is 10.0 Å². The lowest BCUT2D eigenvalue weighted by molar-refractivity contribution is -0.149. The van der Waals surface area contributed by atoms with Crippen molar-refractivity contribution in [3.8, 4) is 0 Å². The van der Waals surface area contributed by atoms with Gasteiger partial charge in [-0.1, -0.05) is 34.8 Å². The van der Waals surface area contributed by atoms with Crippen LogP contribution in [0.4, 0.5) is 0 Å². The smallest absolute Gasteiger partial charge is 0.234 e. The molecule has 1 amide bonds. The predicted molar refractivity (Wildman–Crippen MR) is 75.0 cm³/mol. The molecule has 4 bridgehead atoms. The second-order valence-electron chi connectivity index (χ2n) is 6.62. The molecule has 0 aromatic rings. The van der Waals surface area contributed by atoms with Crippen LogP contribution in [0.15, 0.2) is 0 Å². The van der Waals surface area contributed by atoms with Crippen LogP contribution in [0.3, 0.4) is 0 Å². The number of carbonyl (C=O) groups is 1. The van der Waals surface area contributed by atoms with Crippen molar-refractivity contribution in [2.75, 3.05) is 0 Å². The van der Waals surface area contributed by atoms with E-state index in [2.05, 4.69) is 5.32 Å². The van der Waals surface area contributed by atoms with Crippen molar-refractivity contribution in [2.24, 2.45) is 23.2 Å². The Labute approximate surface area is 128 Å². The fourth-order valence-electron chi connectivity index (χ4n) is 4.75. The molecular formula is C13H18Cl3NO2. The molecular weight excluding hydrogens is 309 g/mol. The highest BCUT2D eigenvalue weighted by molar-refractivity contribution is 6.68. The number of aliphatic hydroxyl groups is 1. The number of hydrogen-bond acceptors (Lipinski definition) is 2. The van der Waals surface area contributed by atoms with E-state index in [1.165, 1.54) is 19.3 Å². The molecule has 4 aliphatic carbocycles. The normalized spacial score (nSPS) is 42.2. The highest BCUT2D eigenvalue weighted by atomic mass is 35.6. The Hall–Kier alpha value is 0.300. The first kappa shape index (κ1) is 14.2. The summed E-state index contributed by atoms with van der Waals surface area (Å²) >= 11 is 16.8. The Morgan fingerprint density at radius 3 is 1.89 bits per heavy atom. The van der Waals surface area contributed by atoms with E-state index in [4.69, 9.17) is 34.8 Å². The summed E-state index contributed by atoms with van der Waals surface area (Å²) in [4.78, 5) is 12.5. The summed E-state index contributed by atoms with van der Waals surface area (Å²) in [6, 6.07) is 0. The fourth-order valence-corrected chi connectivity index (χ4v) is 4.91. The fraction of sp³-hybridized carbons (Fsp3) is 0.923. The zero-order valence-corrected chi connectivity index (χ0v) is 12.8. The van der Waals surface area contributed by atoms with Crippen LogP contribution in [0.2, 0.25) is 0 Å². The minimum atomic E-state index is -1.88. The summed E-state index contributed by atoms with van der Waals surface area (Å²) in [5.41, 5.74) is -0.328. The number of alkyl halides is 3.